The lowest BCUT2D eigenvalue weighted by Gasteiger charge is -2.36. The van der Waals surface area contributed by atoms with Gasteiger partial charge in [0.25, 0.3) is 0 Å². The van der Waals surface area contributed by atoms with E-state index in [1.807, 2.05) is 6.20 Å². The molecule has 1 fully saturated rings. The molecule has 0 saturated carbocycles. The van der Waals surface area contributed by atoms with E-state index in [4.69, 9.17) is 4.98 Å². The van der Waals surface area contributed by atoms with Gasteiger partial charge in [0.2, 0.25) is 5.95 Å². The largest absolute Gasteiger partial charge is 0.356 e. The van der Waals surface area contributed by atoms with Crippen molar-refractivity contribution >= 4 is 22.8 Å². The smallest absolute Gasteiger partial charge is 0.226 e. The molecule has 0 aliphatic carbocycles. The summed E-state index contributed by atoms with van der Waals surface area (Å²) in [7, 11) is 0. The minimum atomic E-state index is 0.683. The Hall–Kier alpha value is -1.85. The van der Waals surface area contributed by atoms with Crippen molar-refractivity contribution < 1.29 is 0 Å². The molecule has 0 bridgehead atoms. The van der Waals surface area contributed by atoms with Crippen molar-refractivity contribution in [2.45, 2.75) is 33.6 Å². The Morgan fingerprint density at radius 1 is 1.33 bits per heavy atom. The van der Waals surface area contributed by atoms with Gasteiger partial charge in [-0.25, -0.2) is 0 Å². The number of nitrogens with zero attached hydrogens (tertiary/aromatic N) is 4. The Morgan fingerprint density at radius 3 is 2.95 bits per heavy atom. The summed E-state index contributed by atoms with van der Waals surface area (Å²) in [4.78, 5) is 11.6. The minimum Gasteiger partial charge on any atom is -0.356 e. The van der Waals surface area contributed by atoms with Crippen LogP contribution in [0.25, 0.3) is 11.0 Å². The van der Waals surface area contributed by atoms with Crippen molar-refractivity contribution in [3.63, 3.8) is 0 Å². The lowest BCUT2D eigenvalue weighted by molar-refractivity contribution is 0.323. The van der Waals surface area contributed by atoms with Crippen molar-refractivity contribution in [2.75, 3.05) is 29.9 Å². The Balaban J connectivity index is 1.94. The molecular weight excluding hydrogens is 264 g/mol. The molecule has 0 spiro atoms. The van der Waals surface area contributed by atoms with Crippen LogP contribution in [0.1, 0.15) is 33.6 Å². The summed E-state index contributed by atoms with van der Waals surface area (Å²) < 4.78 is 0. The molecule has 1 saturated heterocycles. The normalized spacial score (nSPS) is 22.7. The average Bonchev–Trinajstić information content (AvgIpc) is 2.95. The number of aromatic nitrogens is 4. The van der Waals surface area contributed by atoms with Gasteiger partial charge in [0.05, 0.1) is 11.6 Å². The van der Waals surface area contributed by atoms with E-state index >= 15 is 0 Å². The third kappa shape index (κ3) is 2.80. The fourth-order valence-corrected chi connectivity index (χ4v) is 2.83. The van der Waals surface area contributed by atoms with Crippen LogP contribution in [-0.2, 0) is 0 Å². The molecule has 0 radical (unpaired) electrons. The Bertz CT molecular complexity index is 607. The van der Waals surface area contributed by atoms with Gasteiger partial charge < -0.3 is 10.2 Å². The molecule has 1 aliphatic rings. The molecule has 0 amide bonds. The van der Waals surface area contributed by atoms with Gasteiger partial charge in [0.1, 0.15) is 5.82 Å². The number of hydrogen-bond acceptors (Lipinski definition) is 5. The van der Waals surface area contributed by atoms with Crippen LogP contribution in [-0.4, -0.2) is 39.8 Å². The molecule has 2 aromatic rings. The molecule has 3 heterocycles. The number of rotatable bonds is 4. The molecule has 3 rings (SSSR count). The zero-order chi connectivity index (χ0) is 14.8. The van der Waals surface area contributed by atoms with Crippen molar-refractivity contribution in [3.8, 4) is 0 Å². The van der Waals surface area contributed by atoms with Gasteiger partial charge in [-0.2, -0.15) is 15.1 Å². The summed E-state index contributed by atoms with van der Waals surface area (Å²) in [6, 6.07) is 0. The second-order valence-electron chi connectivity index (χ2n) is 6.12. The quantitative estimate of drug-likeness (QED) is 0.905. The van der Waals surface area contributed by atoms with Crippen LogP contribution >= 0.6 is 0 Å². The number of aromatic amines is 1. The highest BCUT2D eigenvalue weighted by Crippen LogP contribution is 2.30. The van der Waals surface area contributed by atoms with E-state index in [0.717, 1.165) is 48.8 Å². The van der Waals surface area contributed by atoms with Gasteiger partial charge in [0, 0.05) is 19.6 Å². The van der Waals surface area contributed by atoms with E-state index in [1.54, 1.807) is 0 Å². The monoisotopic (exact) mass is 288 g/mol. The highest BCUT2D eigenvalue weighted by atomic mass is 15.3. The summed E-state index contributed by atoms with van der Waals surface area (Å²) in [6.07, 6.45) is 4.09. The van der Waals surface area contributed by atoms with E-state index in [1.165, 1.54) is 6.42 Å². The zero-order valence-electron chi connectivity index (χ0n) is 13.1. The average molecular weight is 288 g/mol. The summed E-state index contributed by atoms with van der Waals surface area (Å²) in [6.45, 7) is 9.77. The predicted molar refractivity (Wildman–Crippen MR) is 85.6 cm³/mol. The van der Waals surface area contributed by atoms with E-state index in [0.29, 0.717) is 11.9 Å². The van der Waals surface area contributed by atoms with Crippen LogP contribution in [0.15, 0.2) is 6.20 Å². The zero-order valence-corrected chi connectivity index (χ0v) is 13.1. The van der Waals surface area contributed by atoms with Crippen molar-refractivity contribution in [2.24, 2.45) is 11.8 Å². The number of anilines is 2. The third-order valence-corrected chi connectivity index (χ3v) is 4.46. The maximum absolute atomic E-state index is 4.74. The first-order valence-electron chi connectivity index (χ1n) is 7.89. The van der Waals surface area contributed by atoms with Crippen molar-refractivity contribution in [3.05, 3.63) is 6.20 Å². The number of piperidine rings is 1. The molecule has 6 heteroatoms. The van der Waals surface area contributed by atoms with Crippen molar-refractivity contribution in [1.29, 1.82) is 0 Å². The molecule has 114 valence electrons. The molecule has 2 unspecified atom stereocenters. The first kappa shape index (κ1) is 14.1. The fourth-order valence-electron chi connectivity index (χ4n) is 2.83. The first-order chi connectivity index (χ1) is 10.2. The van der Waals surface area contributed by atoms with Gasteiger partial charge in [-0.15, -0.1) is 0 Å². The van der Waals surface area contributed by atoms with Gasteiger partial charge in [-0.05, 0) is 24.7 Å². The van der Waals surface area contributed by atoms with Crippen LogP contribution in [0.3, 0.4) is 0 Å². The molecular formula is C15H24N6. The highest BCUT2D eigenvalue weighted by Gasteiger charge is 2.25. The molecule has 1 aliphatic heterocycles. The van der Waals surface area contributed by atoms with E-state index < -0.39 is 0 Å². The number of nitrogens with one attached hydrogen (secondary N) is 2. The number of hydrogen-bond donors (Lipinski definition) is 2. The van der Waals surface area contributed by atoms with Gasteiger partial charge >= 0.3 is 0 Å². The first-order valence-corrected chi connectivity index (χ1v) is 7.89. The molecule has 2 atom stereocenters. The van der Waals surface area contributed by atoms with E-state index in [2.05, 4.69) is 46.2 Å². The maximum Gasteiger partial charge on any atom is 0.226 e. The van der Waals surface area contributed by atoms with Crippen LogP contribution in [0.2, 0.25) is 0 Å². The molecule has 2 N–H and O–H groups in total. The molecule has 21 heavy (non-hydrogen) atoms. The predicted octanol–water partition coefficient (Wildman–Crippen LogP) is 2.66. The van der Waals surface area contributed by atoms with Crippen LogP contribution in [0.4, 0.5) is 11.8 Å². The number of fused-ring (bicyclic) bond motifs is 1. The lowest BCUT2D eigenvalue weighted by Crippen LogP contribution is -2.39. The summed E-state index contributed by atoms with van der Waals surface area (Å²) in [5.41, 5.74) is 0.810. The SMILES string of the molecule is CCCNc1nc(N2CCC(C)C(C)C2)c2cn[nH]c2n1. The molecule has 2 aromatic heterocycles. The fraction of sp³-hybridized carbons (Fsp3) is 0.667. The topological polar surface area (TPSA) is 69.7 Å². The van der Waals surface area contributed by atoms with Crippen molar-refractivity contribution in [1.82, 2.24) is 20.2 Å². The Labute approximate surface area is 125 Å². The van der Waals surface area contributed by atoms with E-state index in [9.17, 15) is 0 Å². The Kier molecular flexibility index (Phi) is 3.94. The van der Waals surface area contributed by atoms with Crippen LogP contribution in [0.5, 0.6) is 0 Å². The summed E-state index contributed by atoms with van der Waals surface area (Å²) in [5.74, 6) is 3.16. The lowest BCUT2D eigenvalue weighted by atomic mass is 9.88. The Morgan fingerprint density at radius 2 is 2.19 bits per heavy atom. The van der Waals surface area contributed by atoms with E-state index in [-0.39, 0.29) is 0 Å². The highest BCUT2D eigenvalue weighted by molar-refractivity contribution is 5.87. The van der Waals surface area contributed by atoms with Gasteiger partial charge in [-0.3, -0.25) is 5.10 Å². The maximum atomic E-state index is 4.74. The van der Waals surface area contributed by atoms with Gasteiger partial charge in [0.15, 0.2) is 5.65 Å². The van der Waals surface area contributed by atoms with Crippen LogP contribution in [0, 0.1) is 11.8 Å². The third-order valence-electron chi connectivity index (χ3n) is 4.46. The second-order valence-corrected chi connectivity index (χ2v) is 6.12. The van der Waals surface area contributed by atoms with Gasteiger partial charge in [-0.1, -0.05) is 20.8 Å². The molecule has 0 aromatic carbocycles. The summed E-state index contributed by atoms with van der Waals surface area (Å²) in [5, 5.41) is 11.4. The molecule has 6 nitrogen and oxygen atoms in total. The minimum absolute atomic E-state index is 0.683. The van der Waals surface area contributed by atoms with Crippen LogP contribution < -0.4 is 10.2 Å². The summed E-state index contributed by atoms with van der Waals surface area (Å²) >= 11 is 0. The second kappa shape index (κ2) is 5.87. The number of H-pyrrole nitrogens is 1. The standard InChI is InChI=1S/C15H24N6/c1-4-6-16-15-18-13-12(8-17-20-13)14(19-15)21-7-5-10(2)11(3)9-21/h8,10-11H,4-7,9H2,1-3H3,(H2,16,17,18,19,20).